The van der Waals surface area contributed by atoms with E-state index in [-0.39, 0.29) is 6.29 Å². The van der Waals surface area contributed by atoms with Gasteiger partial charge >= 0.3 is 0 Å². The average Bonchev–Trinajstić information content (AvgIpc) is 2.35. The minimum absolute atomic E-state index is 0.200. The first-order chi connectivity index (χ1) is 7.81. The van der Waals surface area contributed by atoms with Crippen molar-refractivity contribution in [3.63, 3.8) is 0 Å². The van der Waals surface area contributed by atoms with Crippen LogP contribution in [0.4, 0.5) is 0 Å². The largest absolute Gasteiger partial charge is 0.355 e. The molecule has 1 rings (SSSR count). The minimum Gasteiger partial charge on any atom is -0.355 e. The Morgan fingerprint density at radius 2 is 2.12 bits per heavy atom. The molecule has 1 aromatic heterocycles. The number of ether oxygens (including phenoxy) is 2. The summed E-state index contributed by atoms with van der Waals surface area (Å²) in [6, 6.07) is 4.07. The molecule has 1 heterocycles. The molecule has 0 saturated carbocycles. The molecule has 16 heavy (non-hydrogen) atoms. The minimum atomic E-state index is -0.200. The Kier molecular flexibility index (Phi) is 6.00. The maximum absolute atomic E-state index is 5.09. The van der Waals surface area contributed by atoms with E-state index in [4.69, 9.17) is 9.47 Å². The first-order valence-electron chi connectivity index (χ1n) is 5.50. The second-order valence-corrected chi connectivity index (χ2v) is 3.49. The monoisotopic (exact) mass is 224 g/mol. The molecule has 4 nitrogen and oxygen atoms in total. The quantitative estimate of drug-likeness (QED) is 0.710. The zero-order valence-corrected chi connectivity index (χ0v) is 10.2. The Morgan fingerprint density at radius 1 is 1.38 bits per heavy atom. The lowest BCUT2D eigenvalue weighted by Crippen LogP contribution is -2.29. The normalized spacial score (nSPS) is 11.0. The summed E-state index contributed by atoms with van der Waals surface area (Å²) < 4.78 is 10.2. The van der Waals surface area contributed by atoms with Crippen LogP contribution in [0.15, 0.2) is 18.3 Å². The van der Waals surface area contributed by atoms with Gasteiger partial charge in [-0.05, 0) is 18.1 Å². The van der Waals surface area contributed by atoms with Crippen molar-refractivity contribution in [2.75, 3.05) is 20.8 Å². The van der Waals surface area contributed by atoms with Crippen LogP contribution in [0.25, 0.3) is 0 Å². The number of hydrogen-bond donors (Lipinski definition) is 1. The smallest absolute Gasteiger partial charge is 0.169 e. The second kappa shape index (κ2) is 7.33. The first-order valence-corrected chi connectivity index (χ1v) is 5.50. The predicted molar refractivity (Wildman–Crippen MR) is 63.1 cm³/mol. The van der Waals surface area contributed by atoms with Crippen LogP contribution in [-0.4, -0.2) is 32.0 Å². The van der Waals surface area contributed by atoms with E-state index in [9.17, 15) is 0 Å². The molecular weight excluding hydrogens is 204 g/mol. The second-order valence-electron chi connectivity index (χ2n) is 3.49. The summed E-state index contributed by atoms with van der Waals surface area (Å²) in [4.78, 5) is 4.35. The van der Waals surface area contributed by atoms with Gasteiger partial charge in [-0.15, -0.1) is 0 Å². The molecule has 0 unspecified atom stereocenters. The summed E-state index contributed by atoms with van der Waals surface area (Å²) in [6.45, 7) is 3.54. The molecule has 1 aromatic rings. The van der Waals surface area contributed by atoms with Crippen molar-refractivity contribution in [3.05, 3.63) is 29.6 Å². The molecule has 1 N–H and O–H groups in total. The van der Waals surface area contributed by atoms with Gasteiger partial charge in [0.05, 0.1) is 5.69 Å². The zero-order chi connectivity index (χ0) is 11.8. The van der Waals surface area contributed by atoms with Crippen molar-refractivity contribution in [2.45, 2.75) is 26.2 Å². The van der Waals surface area contributed by atoms with Crippen LogP contribution in [0, 0.1) is 0 Å². The standard InChI is InChI=1S/C12H20N2O2/c1-4-10-6-5-7-14-11(10)8-13-9-12(15-2)16-3/h5-7,12-13H,4,8-9H2,1-3H3. The van der Waals surface area contributed by atoms with Gasteiger partial charge < -0.3 is 14.8 Å². The fourth-order valence-corrected chi connectivity index (χ4v) is 1.52. The van der Waals surface area contributed by atoms with Crippen LogP contribution < -0.4 is 5.32 Å². The third-order valence-electron chi connectivity index (χ3n) is 2.49. The Morgan fingerprint density at radius 3 is 2.75 bits per heavy atom. The summed E-state index contributed by atoms with van der Waals surface area (Å²) >= 11 is 0. The van der Waals surface area contributed by atoms with E-state index >= 15 is 0 Å². The topological polar surface area (TPSA) is 43.4 Å². The number of nitrogens with zero attached hydrogens (tertiary/aromatic N) is 1. The molecule has 0 spiro atoms. The van der Waals surface area contributed by atoms with E-state index in [1.165, 1.54) is 5.56 Å². The maximum Gasteiger partial charge on any atom is 0.169 e. The Hall–Kier alpha value is -0.970. The van der Waals surface area contributed by atoms with Crippen molar-refractivity contribution in [2.24, 2.45) is 0 Å². The van der Waals surface area contributed by atoms with Crippen LogP contribution in [0.5, 0.6) is 0 Å². The Labute approximate surface area is 97.0 Å². The number of nitrogens with one attached hydrogen (secondary N) is 1. The summed E-state index contributed by atoms with van der Waals surface area (Å²) in [5.41, 5.74) is 2.37. The van der Waals surface area contributed by atoms with Gasteiger partial charge in [-0.25, -0.2) is 0 Å². The van der Waals surface area contributed by atoms with E-state index in [1.807, 2.05) is 12.3 Å². The van der Waals surface area contributed by atoms with Crippen LogP contribution >= 0.6 is 0 Å². The zero-order valence-electron chi connectivity index (χ0n) is 10.2. The maximum atomic E-state index is 5.09. The van der Waals surface area contributed by atoms with Gasteiger partial charge in [0.2, 0.25) is 0 Å². The summed E-state index contributed by atoms with van der Waals surface area (Å²) in [7, 11) is 3.27. The van der Waals surface area contributed by atoms with Gasteiger partial charge in [-0.3, -0.25) is 4.98 Å². The number of aryl methyl sites for hydroxylation is 1. The molecule has 4 heteroatoms. The number of hydrogen-bond acceptors (Lipinski definition) is 4. The number of aromatic nitrogens is 1. The van der Waals surface area contributed by atoms with Crippen LogP contribution in [-0.2, 0) is 22.4 Å². The number of rotatable bonds is 7. The highest BCUT2D eigenvalue weighted by Crippen LogP contribution is 2.05. The number of pyridine rings is 1. The fraction of sp³-hybridized carbons (Fsp3) is 0.583. The highest BCUT2D eigenvalue weighted by Gasteiger charge is 2.05. The molecule has 90 valence electrons. The average molecular weight is 224 g/mol. The van der Waals surface area contributed by atoms with Crippen molar-refractivity contribution < 1.29 is 9.47 Å². The SMILES string of the molecule is CCc1cccnc1CNCC(OC)OC. The molecule has 0 fully saturated rings. The van der Waals surface area contributed by atoms with Gasteiger partial charge in [0.25, 0.3) is 0 Å². The molecule has 0 saturated heterocycles. The van der Waals surface area contributed by atoms with Crippen molar-refractivity contribution in [1.29, 1.82) is 0 Å². The molecular formula is C12H20N2O2. The first kappa shape index (κ1) is 13.1. The van der Waals surface area contributed by atoms with Gasteiger partial charge in [0, 0.05) is 33.5 Å². The third kappa shape index (κ3) is 3.89. The van der Waals surface area contributed by atoms with E-state index < -0.39 is 0 Å². The van der Waals surface area contributed by atoms with Crippen LogP contribution in [0.3, 0.4) is 0 Å². The molecule has 0 aliphatic rings. The lowest BCUT2D eigenvalue weighted by atomic mass is 10.1. The highest BCUT2D eigenvalue weighted by molar-refractivity contribution is 5.19. The third-order valence-corrected chi connectivity index (χ3v) is 2.49. The highest BCUT2D eigenvalue weighted by atomic mass is 16.7. The lowest BCUT2D eigenvalue weighted by molar-refractivity contribution is -0.0989. The van der Waals surface area contributed by atoms with Gasteiger partial charge in [0.15, 0.2) is 6.29 Å². The Balaban J connectivity index is 2.42. The fourth-order valence-electron chi connectivity index (χ4n) is 1.52. The lowest BCUT2D eigenvalue weighted by Gasteiger charge is -2.14. The van der Waals surface area contributed by atoms with E-state index in [0.717, 1.165) is 18.7 Å². The van der Waals surface area contributed by atoms with E-state index in [1.54, 1.807) is 14.2 Å². The van der Waals surface area contributed by atoms with Crippen LogP contribution in [0.2, 0.25) is 0 Å². The van der Waals surface area contributed by atoms with Gasteiger partial charge in [-0.2, -0.15) is 0 Å². The van der Waals surface area contributed by atoms with Gasteiger partial charge in [-0.1, -0.05) is 13.0 Å². The Bertz CT molecular complexity index is 301. The molecule has 0 atom stereocenters. The predicted octanol–water partition coefficient (Wildman–Crippen LogP) is 1.35. The molecule has 0 aliphatic carbocycles. The summed E-state index contributed by atoms with van der Waals surface area (Å²) in [6.07, 6.45) is 2.62. The number of methoxy groups -OCH3 is 2. The van der Waals surface area contributed by atoms with Crippen LogP contribution in [0.1, 0.15) is 18.2 Å². The molecule has 0 radical (unpaired) electrons. The van der Waals surface area contributed by atoms with E-state index in [2.05, 4.69) is 23.3 Å². The van der Waals surface area contributed by atoms with Crippen molar-refractivity contribution in [1.82, 2.24) is 10.3 Å². The summed E-state index contributed by atoms with van der Waals surface area (Å²) in [5.74, 6) is 0. The van der Waals surface area contributed by atoms with Gasteiger partial charge in [0.1, 0.15) is 0 Å². The molecule has 0 bridgehead atoms. The molecule has 0 amide bonds. The van der Waals surface area contributed by atoms with Crippen molar-refractivity contribution >= 4 is 0 Å². The van der Waals surface area contributed by atoms with Crippen molar-refractivity contribution in [3.8, 4) is 0 Å². The van der Waals surface area contributed by atoms with E-state index in [0.29, 0.717) is 6.54 Å². The summed E-state index contributed by atoms with van der Waals surface area (Å²) in [5, 5.41) is 3.27. The molecule has 0 aromatic carbocycles. The molecule has 0 aliphatic heterocycles.